The number of carbonyl (C=O) groups excluding carboxylic acids is 1. The van der Waals surface area contributed by atoms with Gasteiger partial charge in [0.25, 0.3) is 5.91 Å². The van der Waals surface area contributed by atoms with Crippen LogP contribution in [0.2, 0.25) is 0 Å². The van der Waals surface area contributed by atoms with E-state index in [1.165, 1.54) is 0 Å². The standard InChI is InChI=1S/C15H22N2O3.ClH/c1-12-11-17(8-7-16-12)15(18)13-3-5-14(6-4-13)20-10-9-19-2;/h3-6,12,16H,7-11H2,1-2H3;1H. The Hall–Kier alpha value is -1.30. The second-order valence-electron chi connectivity index (χ2n) is 4.97. The van der Waals surface area contributed by atoms with Gasteiger partial charge in [-0.3, -0.25) is 4.79 Å². The molecule has 6 heteroatoms. The zero-order valence-electron chi connectivity index (χ0n) is 12.5. The molecule has 0 bridgehead atoms. The van der Waals surface area contributed by atoms with Gasteiger partial charge in [-0.05, 0) is 31.2 Å². The number of ether oxygens (including phenoxy) is 2. The highest BCUT2D eigenvalue weighted by Crippen LogP contribution is 2.14. The predicted octanol–water partition coefficient (Wildman–Crippen LogP) is 1.57. The molecule has 0 spiro atoms. The first kappa shape index (κ1) is 17.8. The van der Waals surface area contributed by atoms with E-state index in [9.17, 15) is 4.79 Å². The average Bonchev–Trinajstić information content (AvgIpc) is 2.47. The summed E-state index contributed by atoms with van der Waals surface area (Å²) in [7, 11) is 1.64. The molecule has 1 aromatic rings. The molecule has 1 aliphatic heterocycles. The summed E-state index contributed by atoms with van der Waals surface area (Å²) in [5, 5.41) is 3.33. The van der Waals surface area contributed by atoms with Crippen molar-refractivity contribution in [2.45, 2.75) is 13.0 Å². The van der Waals surface area contributed by atoms with Gasteiger partial charge in [0.15, 0.2) is 0 Å². The summed E-state index contributed by atoms with van der Waals surface area (Å²) in [5.74, 6) is 0.842. The van der Waals surface area contributed by atoms with Crippen molar-refractivity contribution in [3.05, 3.63) is 29.8 Å². The van der Waals surface area contributed by atoms with Crippen LogP contribution in [0.1, 0.15) is 17.3 Å². The third-order valence-corrected chi connectivity index (χ3v) is 3.31. The Morgan fingerprint density at radius 3 is 2.67 bits per heavy atom. The summed E-state index contributed by atoms with van der Waals surface area (Å²) in [4.78, 5) is 14.2. The number of amides is 1. The van der Waals surface area contributed by atoms with Crippen LogP contribution in [-0.4, -0.2) is 56.8 Å². The van der Waals surface area contributed by atoms with Gasteiger partial charge < -0.3 is 19.7 Å². The molecule has 1 aliphatic rings. The van der Waals surface area contributed by atoms with Crippen molar-refractivity contribution in [3.63, 3.8) is 0 Å². The molecule has 0 saturated carbocycles. The summed E-state index contributed by atoms with van der Waals surface area (Å²) in [6.07, 6.45) is 0. The average molecular weight is 315 g/mol. The lowest BCUT2D eigenvalue weighted by Gasteiger charge is -2.32. The molecule has 1 N–H and O–H groups in total. The molecular weight excluding hydrogens is 292 g/mol. The first-order valence-electron chi connectivity index (χ1n) is 6.95. The summed E-state index contributed by atoms with van der Waals surface area (Å²) >= 11 is 0. The second kappa shape index (κ2) is 8.87. The van der Waals surface area contributed by atoms with Gasteiger partial charge in [0.2, 0.25) is 0 Å². The van der Waals surface area contributed by atoms with Gasteiger partial charge in [0.05, 0.1) is 6.61 Å². The van der Waals surface area contributed by atoms with Crippen molar-refractivity contribution in [2.24, 2.45) is 0 Å². The number of hydrogen-bond acceptors (Lipinski definition) is 4. The normalized spacial score (nSPS) is 18.0. The lowest BCUT2D eigenvalue weighted by atomic mass is 10.1. The summed E-state index contributed by atoms with van der Waals surface area (Å²) in [6.45, 7) is 5.52. The highest BCUT2D eigenvalue weighted by molar-refractivity contribution is 5.94. The molecule has 0 aliphatic carbocycles. The Bertz CT molecular complexity index is 439. The van der Waals surface area contributed by atoms with Crippen LogP contribution in [0.15, 0.2) is 24.3 Å². The molecule has 0 aromatic heterocycles. The van der Waals surface area contributed by atoms with Crippen LogP contribution >= 0.6 is 12.4 Å². The fraction of sp³-hybridized carbons (Fsp3) is 0.533. The van der Waals surface area contributed by atoms with Gasteiger partial charge in [-0.25, -0.2) is 0 Å². The number of halogens is 1. The minimum absolute atomic E-state index is 0. The third kappa shape index (κ3) is 5.19. The molecule has 1 saturated heterocycles. The maximum Gasteiger partial charge on any atom is 0.253 e. The number of methoxy groups -OCH3 is 1. The maximum atomic E-state index is 12.4. The van der Waals surface area contributed by atoms with Crippen molar-refractivity contribution in [3.8, 4) is 5.75 Å². The molecule has 1 atom stereocenters. The van der Waals surface area contributed by atoms with E-state index >= 15 is 0 Å². The Kier molecular flexibility index (Phi) is 7.50. The van der Waals surface area contributed by atoms with Gasteiger partial charge in [-0.1, -0.05) is 0 Å². The van der Waals surface area contributed by atoms with Crippen LogP contribution in [0.3, 0.4) is 0 Å². The molecule has 0 radical (unpaired) electrons. The highest BCUT2D eigenvalue weighted by Gasteiger charge is 2.21. The summed E-state index contributed by atoms with van der Waals surface area (Å²) < 4.78 is 10.4. The zero-order chi connectivity index (χ0) is 14.4. The van der Waals surface area contributed by atoms with Gasteiger partial charge in [-0.2, -0.15) is 0 Å². The monoisotopic (exact) mass is 314 g/mol. The number of nitrogens with one attached hydrogen (secondary N) is 1. The van der Waals surface area contributed by atoms with E-state index in [0.29, 0.717) is 24.8 Å². The smallest absolute Gasteiger partial charge is 0.253 e. The Morgan fingerprint density at radius 2 is 2.05 bits per heavy atom. The van der Waals surface area contributed by atoms with Gasteiger partial charge in [-0.15, -0.1) is 12.4 Å². The molecule has 1 fully saturated rings. The van der Waals surface area contributed by atoms with Crippen LogP contribution in [-0.2, 0) is 4.74 Å². The number of carbonyl (C=O) groups is 1. The van der Waals surface area contributed by atoms with Crippen molar-refractivity contribution < 1.29 is 14.3 Å². The lowest BCUT2D eigenvalue weighted by Crippen LogP contribution is -2.51. The highest BCUT2D eigenvalue weighted by atomic mass is 35.5. The molecule has 5 nitrogen and oxygen atoms in total. The van der Waals surface area contributed by atoms with Crippen LogP contribution in [0.5, 0.6) is 5.75 Å². The number of nitrogens with zero attached hydrogens (tertiary/aromatic N) is 1. The van der Waals surface area contributed by atoms with E-state index in [1.807, 2.05) is 29.2 Å². The van der Waals surface area contributed by atoms with Crippen molar-refractivity contribution in [2.75, 3.05) is 40.0 Å². The van der Waals surface area contributed by atoms with E-state index in [4.69, 9.17) is 9.47 Å². The Morgan fingerprint density at radius 1 is 1.33 bits per heavy atom. The van der Waals surface area contributed by atoms with Gasteiger partial charge in [0, 0.05) is 38.3 Å². The molecule has 21 heavy (non-hydrogen) atoms. The van der Waals surface area contributed by atoms with Gasteiger partial charge >= 0.3 is 0 Å². The fourth-order valence-corrected chi connectivity index (χ4v) is 2.24. The third-order valence-electron chi connectivity index (χ3n) is 3.31. The van der Waals surface area contributed by atoms with Crippen molar-refractivity contribution in [1.82, 2.24) is 10.2 Å². The van der Waals surface area contributed by atoms with E-state index in [1.54, 1.807) is 7.11 Å². The number of rotatable bonds is 5. The van der Waals surface area contributed by atoms with Crippen LogP contribution in [0, 0.1) is 0 Å². The second-order valence-corrected chi connectivity index (χ2v) is 4.97. The minimum Gasteiger partial charge on any atom is -0.491 e. The van der Waals surface area contributed by atoms with E-state index in [2.05, 4.69) is 12.2 Å². The first-order chi connectivity index (χ1) is 9.70. The van der Waals surface area contributed by atoms with Crippen LogP contribution in [0.4, 0.5) is 0 Å². The molecule has 2 rings (SSSR count). The molecular formula is C15H23ClN2O3. The maximum absolute atomic E-state index is 12.4. The molecule has 1 amide bonds. The predicted molar refractivity (Wildman–Crippen MR) is 84.4 cm³/mol. The Balaban J connectivity index is 0.00000220. The van der Waals surface area contributed by atoms with Crippen molar-refractivity contribution >= 4 is 18.3 Å². The summed E-state index contributed by atoms with van der Waals surface area (Å²) in [5.41, 5.74) is 0.707. The van der Waals surface area contributed by atoms with Gasteiger partial charge in [0.1, 0.15) is 12.4 Å². The lowest BCUT2D eigenvalue weighted by molar-refractivity contribution is 0.0709. The largest absolute Gasteiger partial charge is 0.491 e. The molecule has 1 unspecified atom stereocenters. The Labute approximate surface area is 132 Å². The first-order valence-corrected chi connectivity index (χ1v) is 6.95. The van der Waals surface area contributed by atoms with E-state index in [-0.39, 0.29) is 18.3 Å². The molecule has 118 valence electrons. The fourth-order valence-electron chi connectivity index (χ4n) is 2.24. The quantitative estimate of drug-likeness (QED) is 0.838. The van der Waals surface area contributed by atoms with Crippen LogP contribution in [0.25, 0.3) is 0 Å². The number of piperazine rings is 1. The van der Waals surface area contributed by atoms with Crippen molar-refractivity contribution in [1.29, 1.82) is 0 Å². The zero-order valence-corrected chi connectivity index (χ0v) is 13.3. The van der Waals surface area contributed by atoms with E-state index in [0.717, 1.165) is 25.4 Å². The molecule has 1 aromatic carbocycles. The SMILES string of the molecule is COCCOc1ccc(C(=O)N2CCNC(C)C2)cc1.Cl. The van der Waals surface area contributed by atoms with Crippen LogP contribution < -0.4 is 10.1 Å². The number of benzene rings is 1. The minimum atomic E-state index is 0. The number of hydrogen-bond donors (Lipinski definition) is 1. The summed E-state index contributed by atoms with van der Waals surface area (Å²) in [6, 6.07) is 7.64. The topological polar surface area (TPSA) is 50.8 Å². The molecule has 1 heterocycles. The van der Waals surface area contributed by atoms with E-state index < -0.39 is 0 Å².